The lowest BCUT2D eigenvalue weighted by Crippen LogP contribution is -2.35. The summed E-state index contributed by atoms with van der Waals surface area (Å²) in [5.74, 6) is 0.814. The van der Waals surface area contributed by atoms with E-state index in [0.717, 1.165) is 42.0 Å². The van der Waals surface area contributed by atoms with E-state index in [0.29, 0.717) is 18.7 Å². The summed E-state index contributed by atoms with van der Waals surface area (Å²) >= 11 is 0. The van der Waals surface area contributed by atoms with Crippen molar-refractivity contribution in [2.75, 3.05) is 26.7 Å². The second-order valence-electron chi connectivity index (χ2n) is 7.43. The number of aromatic nitrogens is 2. The molecule has 146 valence electrons. The Bertz CT molecular complexity index is 989. The Morgan fingerprint density at radius 2 is 1.71 bits per heavy atom. The van der Waals surface area contributed by atoms with E-state index in [1.807, 2.05) is 53.1 Å². The van der Waals surface area contributed by atoms with E-state index in [1.54, 1.807) is 7.11 Å². The van der Waals surface area contributed by atoms with E-state index in [4.69, 9.17) is 4.74 Å². The number of nitrogens with zero attached hydrogens (tertiary/aromatic N) is 3. The van der Waals surface area contributed by atoms with Crippen LogP contribution in [-0.2, 0) is 13.0 Å². The summed E-state index contributed by atoms with van der Waals surface area (Å²) in [7, 11) is 1.65. The van der Waals surface area contributed by atoms with Gasteiger partial charge in [-0.2, -0.15) is 0 Å². The number of likely N-dealkylation sites (tertiary alicyclic amines) is 1. The smallest absolute Gasteiger partial charge is 0.273 e. The molecule has 1 aliphatic heterocycles. The van der Waals surface area contributed by atoms with Gasteiger partial charge in [0.1, 0.15) is 11.4 Å². The van der Waals surface area contributed by atoms with Crippen LogP contribution in [-0.4, -0.2) is 41.2 Å². The normalized spacial score (nSPS) is 15.0. The van der Waals surface area contributed by atoms with Crippen molar-refractivity contribution < 1.29 is 4.74 Å². The summed E-state index contributed by atoms with van der Waals surface area (Å²) in [6, 6.07) is 15.8. The zero-order chi connectivity index (χ0) is 19.3. The number of hydrogen-bond acceptors (Lipinski definition) is 4. The van der Waals surface area contributed by atoms with E-state index in [-0.39, 0.29) is 5.56 Å². The van der Waals surface area contributed by atoms with Gasteiger partial charge in [-0.05, 0) is 55.8 Å². The molecule has 4 rings (SSSR count). The second-order valence-corrected chi connectivity index (χ2v) is 7.43. The van der Waals surface area contributed by atoms with E-state index in [2.05, 4.69) is 9.88 Å². The maximum atomic E-state index is 13.2. The van der Waals surface area contributed by atoms with Crippen molar-refractivity contribution in [1.82, 2.24) is 14.5 Å². The maximum absolute atomic E-state index is 13.2. The summed E-state index contributed by atoms with van der Waals surface area (Å²) < 4.78 is 7.14. The molecule has 2 heterocycles. The zero-order valence-electron chi connectivity index (χ0n) is 16.4. The van der Waals surface area contributed by atoms with Crippen molar-refractivity contribution in [2.45, 2.75) is 32.2 Å². The van der Waals surface area contributed by atoms with Crippen molar-refractivity contribution >= 4 is 11.0 Å². The van der Waals surface area contributed by atoms with Crippen LogP contribution < -0.4 is 10.3 Å². The van der Waals surface area contributed by atoms with Gasteiger partial charge >= 0.3 is 0 Å². The van der Waals surface area contributed by atoms with Crippen molar-refractivity contribution in [3.05, 3.63) is 70.1 Å². The molecular formula is C23H27N3O2. The molecule has 0 saturated carbocycles. The predicted octanol–water partition coefficient (Wildman–Crippen LogP) is 3.48. The van der Waals surface area contributed by atoms with Gasteiger partial charge in [0, 0.05) is 19.5 Å². The van der Waals surface area contributed by atoms with Gasteiger partial charge in [-0.25, -0.2) is 4.98 Å². The van der Waals surface area contributed by atoms with E-state index < -0.39 is 0 Å². The number of fused-ring (bicyclic) bond motifs is 1. The van der Waals surface area contributed by atoms with E-state index >= 15 is 0 Å². The van der Waals surface area contributed by atoms with Gasteiger partial charge in [0.25, 0.3) is 5.56 Å². The summed E-state index contributed by atoms with van der Waals surface area (Å²) in [5.41, 5.74) is 3.48. The van der Waals surface area contributed by atoms with Crippen LogP contribution >= 0.6 is 0 Å². The number of rotatable bonds is 6. The van der Waals surface area contributed by atoms with E-state index in [9.17, 15) is 4.79 Å². The van der Waals surface area contributed by atoms with Crippen LogP contribution in [0, 0.1) is 0 Å². The number of methoxy groups -OCH3 is 1. The molecule has 0 amide bonds. The first-order chi connectivity index (χ1) is 13.7. The third-order valence-corrected chi connectivity index (χ3v) is 5.54. The standard InChI is InChI=1S/C23H27N3O2/c1-28-19-11-9-18(10-12-19)17-21-23(27)26(16-15-25-13-5-2-6-14-25)22-8-4-3-7-20(22)24-21/h3-4,7-12H,2,5-6,13-17H2,1H3. The number of ether oxygens (including phenoxy) is 1. The van der Waals surface area contributed by atoms with Gasteiger partial charge in [0.15, 0.2) is 0 Å². The summed E-state index contributed by atoms with van der Waals surface area (Å²) in [4.78, 5) is 20.4. The van der Waals surface area contributed by atoms with Crippen molar-refractivity contribution in [3.8, 4) is 5.75 Å². The monoisotopic (exact) mass is 377 g/mol. The zero-order valence-corrected chi connectivity index (χ0v) is 16.4. The summed E-state index contributed by atoms with van der Waals surface area (Å²) in [6.07, 6.45) is 4.36. The Kier molecular flexibility index (Phi) is 5.72. The Morgan fingerprint density at radius 3 is 2.46 bits per heavy atom. The molecule has 0 atom stereocenters. The number of hydrogen-bond donors (Lipinski definition) is 0. The first-order valence-electron chi connectivity index (χ1n) is 10.1. The van der Waals surface area contributed by atoms with Gasteiger partial charge in [0.2, 0.25) is 0 Å². The average Bonchev–Trinajstić information content (AvgIpc) is 2.75. The highest BCUT2D eigenvalue weighted by Gasteiger charge is 2.14. The summed E-state index contributed by atoms with van der Waals surface area (Å²) in [6.45, 7) is 3.89. The molecule has 0 aliphatic carbocycles. The summed E-state index contributed by atoms with van der Waals surface area (Å²) in [5, 5.41) is 0. The predicted molar refractivity (Wildman–Crippen MR) is 112 cm³/mol. The number of piperidine rings is 1. The van der Waals surface area contributed by atoms with Crippen molar-refractivity contribution in [2.24, 2.45) is 0 Å². The Morgan fingerprint density at radius 1 is 0.964 bits per heavy atom. The molecule has 0 bridgehead atoms. The molecule has 0 unspecified atom stereocenters. The fraction of sp³-hybridized carbons (Fsp3) is 0.391. The molecule has 2 aromatic carbocycles. The molecule has 1 saturated heterocycles. The number of benzene rings is 2. The first-order valence-corrected chi connectivity index (χ1v) is 10.1. The largest absolute Gasteiger partial charge is 0.497 e. The highest BCUT2D eigenvalue weighted by Crippen LogP contribution is 2.16. The van der Waals surface area contributed by atoms with Gasteiger partial charge in [-0.15, -0.1) is 0 Å². The molecule has 5 heteroatoms. The molecule has 0 spiro atoms. The van der Waals surface area contributed by atoms with Crippen molar-refractivity contribution in [3.63, 3.8) is 0 Å². The van der Waals surface area contributed by atoms with Gasteiger partial charge in [0.05, 0.1) is 18.1 Å². The first kappa shape index (κ1) is 18.7. The fourth-order valence-electron chi connectivity index (χ4n) is 3.94. The minimum absolute atomic E-state index is 0.0199. The maximum Gasteiger partial charge on any atom is 0.273 e. The molecule has 3 aromatic rings. The van der Waals surface area contributed by atoms with Crippen LogP contribution in [0.15, 0.2) is 53.3 Å². The molecule has 5 nitrogen and oxygen atoms in total. The van der Waals surface area contributed by atoms with Gasteiger partial charge in [-0.1, -0.05) is 30.7 Å². The van der Waals surface area contributed by atoms with Crippen LogP contribution in [0.3, 0.4) is 0 Å². The van der Waals surface area contributed by atoms with Crippen LogP contribution in [0.1, 0.15) is 30.5 Å². The third kappa shape index (κ3) is 4.09. The third-order valence-electron chi connectivity index (χ3n) is 5.54. The lowest BCUT2D eigenvalue weighted by atomic mass is 10.1. The molecule has 1 fully saturated rings. The Balaban J connectivity index is 1.64. The molecule has 1 aliphatic rings. The lowest BCUT2D eigenvalue weighted by Gasteiger charge is -2.26. The average molecular weight is 377 g/mol. The van der Waals surface area contributed by atoms with Crippen LogP contribution in [0.2, 0.25) is 0 Å². The molecule has 0 N–H and O–H groups in total. The minimum Gasteiger partial charge on any atom is -0.497 e. The second kappa shape index (κ2) is 8.57. The van der Waals surface area contributed by atoms with Crippen LogP contribution in [0.4, 0.5) is 0 Å². The number of para-hydroxylation sites is 2. The Hall–Kier alpha value is -2.66. The topological polar surface area (TPSA) is 47.4 Å². The molecule has 0 radical (unpaired) electrons. The van der Waals surface area contributed by atoms with Gasteiger partial charge < -0.3 is 14.2 Å². The SMILES string of the molecule is COc1ccc(Cc2nc3ccccc3n(CCN3CCCCC3)c2=O)cc1. The Labute approximate surface area is 165 Å². The highest BCUT2D eigenvalue weighted by atomic mass is 16.5. The fourth-order valence-corrected chi connectivity index (χ4v) is 3.94. The quantitative estimate of drug-likeness (QED) is 0.660. The molecule has 28 heavy (non-hydrogen) atoms. The molecular weight excluding hydrogens is 350 g/mol. The van der Waals surface area contributed by atoms with Crippen LogP contribution in [0.5, 0.6) is 5.75 Å². The van der Waals surface area contributed by atoms with Crippen LogP contribution in [0.25, 0.3) is 11.0 Å². The highest BCUT2D eigenvalue weighted by molar-refractivity contribution is 5.74. The van der Waals surface area contributed by atoms with Gasteiger partial charge in [-0.3, -0.25) is 4.79 Å². The molecule has 1 aromatic heterocycles. The van der Waals surface area contributed by atoms with E-state index in [1.165, 1.54) is 19.3 Å². The lowest BCUT2D eigenvalue weighted by molar-refractivity contribution is 0.221. The minimum atomic E-state index is 0.0199. The van der Waals surface area contributed by atoms with Crippen molar-refractivity contribution in [1.29, 1.82) is 0 Å².